The lowest BCUT2D eigenvalue weighted by atomic mass is 10.0. The van der Waals surface area contributed by atoms with E-state index in [1.54, 1.807) is 31.2 Å². The van der Waals surface area contributed by atoms with E-state index in [9.17, 15) is 9.90 Å². The molecule has 0 spiro atoms. The van der Waals surface area contributed by atoms with Crippen molar-refractivity contribution in [3.63, 3.8) is 0 Å². The normalized spacial score (nSPS) is 13.5. The van der Waals surface area contributed by atoms with Crippen molar-refractivity contribution in [2.45, 2.75) is 32.4 Å². The average Bonchev–Trinajstić information content (AvgIpc) is 2.47. The minimum Gasteiger partial charge on any atom is -0.386 e. The molecule has 0 saturated carbocycles. The quantitative estimate of drug-likeness (QED) is 0.887. The number of aliphatic hydroxyl groups excluding tert-OH is 1. The van der Waals surface area contributed by atoms with Gasteiger partial charge in [-0.15, -0.1) is 0 Å². The summed E-state index contributed by atoms with van der Waals surface area (Å²) in [6, 6.07) is 14.4. The molecular weight excluding hydrogens is 298 g/mol. The molecule has 116 valence electrons. The first-order valence-electron chi connectivity index (χ1n) is 7.24. The van der Waals surface area contributed by atoms with Crippen molar-refractivity contribution in [1.29, 1.82) is 0 Å². The van der Waals surface area contributed by atoms with Crippen LogP contribution in [-0.2, 0) is 11.2 Å². The van der Waals surface area contributed by atoms with Crippen LogP contribution in [0.25, 0.3) is 0 Å². The second-order valence-electron chi connectivity index (χ2n) is 5.52. The van der Waals surface area contributed by atoms with Crippen LogP contribution in [0, 0.1) is 6.92 Å². The molecule has 3 nitrogen and oxygen atoms in total. The average molecular weight is 318 g/mol. The summed E-state index contributed by atoms with van der Waals surface area (Å²) in [7, 11) is 0. The number of hydrogen-bond donors (Lipinski definition) is 2. The van der Waals surface area contributed by atoms with E-state index < -0.39 is 6.10 Å². The fraction of sp³-hybridized carbons (Fsp3) is 0.278. The van der Waals surface area contributed by atoms with Gasteiger partial charge in [0.1, 0.15) is 0 Å². The van der Waals surface area contributed by atoms with E-state index in [0.29, 0.717) is 11.4 Å². The molecule has 2 atom stereocenters. The van der Waals surface area contributed by atoms with Crippen molar-refractivity contribution in [3.05, 3.63) is 70.2 Å². The van der Waals surface area contributed by atoms with Crippen molar-refractivity contribution in [2.24, 2.45) is 0 Å². The van der Waals surface area contributed by atoms with Crippen LogP contribution in [0.3, 0.4) is 0 Å². The molecule has 1 amide bonds. The van der Waals surface area contributed by atoms with E-state index in [2.05, 4.69) is 5.32 Å². The third kappa shape index (κ3) is 4.58. The Bertz CT molecular complexity index is 640. The Hall–Kier alpha value is -1.84. The minimum atomic E-state index is -0.765. The van der Waals surface area contributed by atoms with Gasteiger partial charge in [0.25, 0.3) is 0 Å². The lowest BCUT2D eigenvalue weighted by Crippen LogP contribution is -2.37. The van der Waals surface area contributed by atoms with Gasteiger partial charge < -0.3 is 10.4 Å². The highest BCUT2D eigenvalue weighted by Gasteiger charge is 2.18. The van der Waals surface area contributed by atoms with Crippen LogP contribution < -0.4 is 5.32 Å². The van der Waals surface area contributed by atoms with E-state index in [1.165, 1.54) is 0 Å². The van der Waals surface area contributed by atoms with Gasteiger partial charge in [-0.05, 0) is 37.1 Å². The van der Waals surface area contributed by atoms with Crippen LogP contribution in [-0.4, -0.2) is 17.1 Å². The second-order valence-corrected chi connectivity index (χ2v) is 5.95. The predicted octanol–water partition coefficient (Wildman–Crippen LogP) is 3.43. The Labute approximate surface area is 135 Å². The van der Waals surface area contributed by atoms with Crippen LogP contribution in [0.5, 0.6) is 0 Å². The lowest BCUT2D eigenvalue weighted by molar-refractivity contribution is -0.121. The fourth-order valence-electron chi connectivity index (χ4n) is 2.34. The van der Waals surface area contributed by atoms with Gasteiger partial charge in [0.2, 0.25) is 5.91 Å². The fourth-order valence-corrected chi connectivity index (χ4v) is 2.47. The molecule has 0 heterocycles. The zero-order valence-electron chi connectivity index (χ0n) is 12.7. The zero-order valence-corrected chi connectivity index (χ0v) is 13.5. The highest BCUT2D eigenvalue weighted by molar-refractivity contribution is 6.30. The summed E-state index contributed by atoms with van der Waals surface area (Å²) in [5.41, 5.74) is 2.82. The summed E-state index contributed by atoms with van der Waals surface area (Å²) < 4.78 is 0. The lowest BCUT2D eigenvalue weighted by Gasteiger charge is -2.20. The van der Waals surface area contributed by atoms with E-state index in [4.69, 9.17) is 11.6 Å². The number of halogens is 1. The maximum Gasteiger partial charge on any atom is 0.224 e. The number of aliphatic hydroxyl groups is 1. The topological polar surface area (TPSA) is 49.3 Å². The third-order valence-corrected chi connectivity index (χ3v) is 3.77. The van der Waals surface area contributed by atoms with E-state index in [-0.39, 0.29) is 11.9 Å². The monoisotopic (exact) mass is 317 g/mol. The molecule has 2 aromatic carbocycles. The second kappa shape index (κ2) is 7.43. The first-order chi connectivity index (χ1) is 10.5. The third-order valence-electron chi connectivity index (χ3n) is 3.52. The number of benzene rings is 2. The maximum absolute atomic E-state index is 12.1. The van der Waals surface area contributed by atoms with Crippen molar-refractivity contribution >= 4 is 17.5 Å². The first-order valence-corrected chi connectivity index (χ1v) is 7.62. The van der Waals surface area contributed by atoms with Crippen molar-refractivity contribution in [1.82, 2.24) is 5.32 Å². The molecular formula is C18H20ClNO2. The molecule has 0 bridgehead atoms. The molecule has 0 aliphatic rings. The molecule has 0 aliphatic heterocycles. The van der Waals surface area contributed by atoms with Gasteiger partial charge in [-0.2, -0.15) is 0 Å². The molecule has 2 rings (SSSR count). The number of carbonyl (C=O) groups excluding carboxylic acids is 1. The van der Waals surface area contributed by atoms with Crippen molar-refractivity contribution in [2.75, 3.05) is 0 Å². The summed E-state index contributed by atoms with van der Waals surface area (Å²) in [6.07, 6.45) is -0.460. The van der Waals surface area contributed by atoms with Gasteiger partial charge in [-0.25, -0.2) is 0 Å². The number of amides is 1. The van der Waals surface area contributed by atoms with Gasteiger partial charge in [0.15, 0.2) is 0 Å². The Morgan fingerprint density at radius 3 is 2.55 bits per heavy atom. The molecule has 4 heteroatoms. The van der Waals surface area contributed by atoms with Crippen LogP contribution in [0.4, 0.5) is 0 Å². The van der Waals surface area contributed by atoms with Gasteiger partial charge in [0, 0.05) is 5.02 Å². The molecule has 0 aromatic heterocycles. The predicted molar refractivity (Wildman–Crippen MR) is 88.9 cm³/mol. The Balaban J connectivity index is 1.94. The highest BCUT2D eigenvalue weighted by Crippen LogP contribution is 2.19. The molecule has 2 aromatic rings. The summed E-state index contributed by atoms with van der Waals surface area (Å²) in [5, 5.41) is 13.7. The highest BCUT2D eigenvalue weighted by atomic mass is 35.5. The van der Waals surface area contributed by atoms with Gasteiger partial charge in [-0.3, -0.25) is 4.79 Å². The molecule has 0 aliphatic carbocycles. The van der Waals surface area contributed by atoms with Crippen LogP contribution in [0.15, 0.2) is 48.5 Å². The van der Waals surface area contributed by atoms with E-state index in [1.807, 2.05) is 31.2 Å². The number of aryl methyl sites for hydroxylation is 1. The van der Waals surface area contributed by atoms with Crippen LogP contribution in [0.1, 0.15) is 29.7 Å². The molecule has 2 N–H and O–H groups in total. The molecule has 22 heavy (non-hydrogen) atoms. The molecule has 0 saturated heterocycles. The zero-order chi connectivity index (χ0) is 16.1. The van der Waals surface area contributed by atoms with Gasteiger partial charge in [-0.1, -0.05) is 53.6 Å². The summed E-state index contributed by atoms with van der Waals surface area (Å²) >= 11 is 5.83. The van der Waals surface area contributed by atoms with E-state index >= 15 is 0 Å². The molecule has 0 fully saturated rings. The first kappa shape index (κ1) is 16.5. The minimum absolute atomic E-state index is 0.105. The largest absolute Gasteiger partial charge is 0.386 e. The maximum atomic E-state index is 12.1. The number of rotatable bonds is 5. The number of nitrogens with one attached hydrogen (secondary N) is 1. The summed E-state index contributed by atoms with van der Waals surface area (Å²) in [4.78, 5) is 12.1. The van der Waals surface area contributed by atoms with Crippen LogP contribution >= 0.6 is 11.6 Å². The Kier molecular flexibility index (Phi) is 5.58. The Morgan fingerprint density at radius 2 is 1.91 bits per heavy atom. The standard InChI is InChI=1S/C18H20ClNO2/c1-12-4-3-5-14(10-12)11-17(21)20-13(2)18(22)15-6-8-16(19)9-7-15/h3-10,13,18,22H,11H2,1-2H3,(H,20,21). The van der Waals surface area contributed by atoms with E-state index in [0.717, 1.165) is 16.7 Å². The van der Waals surface area contributed by atoms with Crippen LogP contribution in [0.2, 0.25) is 5.02 Å². The SMILES string of the molecule is Cc1cccc(CC(=O)NC(C)C(O)c2ccc(Cl)cc2)c1. The van der Waals surface area contributed by atoms with Crippen molar-refractivity contribution in [3.8, 4) is 0 Å². The Morgan fingerprint density at radius 1 is 1.23 bits per heavy atom. The van der Waals surface area contributed by atoms with Gasteiger partial charge >= 0.3 is 0 Å². The molecule has 2 unspecified atom stereocenters. The number of hydrogen-bond acceptors (Lipinski definition) is 2. The molecule has 0 radical (unpaired) electrons. The summed E-state index contributed by atoms with van der Waals surface area (Å²) in [5.74, 6) is -0.105. The smallest absolute Gasteiger partial charge is 0.224 e. The van der Waals surface area contributed by atoms with Crippen molar-refractivity contribution < 1.29 is 9.90 Å². The van der Waals surface area contributed by atoms with Gasteiger partial charge in [0.05, 0.1) is 18.6 Å². The number of carbonyl (C=O) groups is 1. The summed E-state index contributed by atoms with van der Waals surface area (Å²) in [6.45, 7) is 3.78.